The lowest BCUT2D eigenvalue weighted by atomic mass is 10.1. The highest BCUT2D eigenvalue weighted by Crippen LogP contribution is 2.25. The molecule has 0 fully saturated rings. The normalized spacial score (nSPS) is 13.1. The van der Waals surface area contributed by atoms with E-state index in [1.54, 1.807) is 13.0 Å². The Hall–Kier alpha value is -3.83. The van der Waals surface area contributed by atoms with Gasteiger partial charge in [-0.05, 0) is 42.8 Å². The van der Waals surface area contributed by atoms with Crippen LogP contribution in [0.15, 0.2) is 53.9 Å². The van der Waals surface area contributed by atoms with Gasteiger partial charge in [-0.15, -0.1) is 6.58 Å². The molecule has 3 rings (SSSR count). The number of esters is 1. The molecule has 1 aliphatic rings. The summed E-state index contributed by atoms with van der Waals surface area (Å²) in [6, 6.07) is 8.34. The van der Waals surface area contributed by atoms with Gasteiger partial charge in [-0.1, -0.05) is 12.1 Å². The number of fused-ring (bicyclic) bond motifs is 1. The predicted molar refractivity (Wildman–Crippen MR) is 123 cm³/mol. The number of carbonyl (C=O) groups is 4. The fourth-order valence-electron chi connectivity index (χ4n) is 3.28. The lowest BCUT2D eigenvalue weighted by Crippen LogP contribution is -2.29. The molecule has 34 heavy (non-hydrogen) atoms. The van der Waals surface area contributed by atoms with Crippen LogP contribution < -0.4 is 5.32 Å². The lowest BCUT2D eigenvalue weighted by Gasteiger charge is -2.15. The van der Waals surface area contributed by atoms with Crippen molar-refractivity contribution in [3.05, 3.63) is 71.3 Å². The number of nitrogens with one attached hydrogen (secondary N) is 1. The number of hydrogen-bond acceptors (Lipinski definition) is 7. The first-order chi connectivity index (χ1) is 16.0. The van der Waals surface area contributed by atoms with E-state index in [0.29, 0.717) is 5.56 Å². The van der Waals surface area contributed by atoms with E-state index in [-0.39, 0.29) is 33.8 Å². The third-order valence-electron chi connectivity index (χ3n) is 5.08. The quantitative estimate of drug-likeness (QED) is 0.343. The van der Waals surface area contributed by atoms with Gasteiger partial charge in [-0.2, -0.15) is 0 Å². The molecule has 0 unspecified atom stereocenters. The Labute approximate surface area is 196 Å². The zero-order valence-corrected chi connectivity index (χ0v) is 19.6. The van der Waals surface area contributed by atoms with Crippen molar-refractivity contribution >= 4 is 39.4 Å². The largest absolute Gasteiger partial charge is 0.452 e. The maximum absolute atomic E-state index is 12.4. The van der Waals surface area contributed by atoms with Crippen LogP contribution in [0.3, 0.4) is 0 Å². The molecule has 11 heteroatoms. The van der Waals surface area contributed by atoms with Crippen molar-refractivity contribution in [2.45, 2.75) is 11.8 Å². The summed E-state index contributed by atoms with van der Waals surface area (Å²) in [7, 11) is -0.909. The highest BCUT2D eigenvalue weighted by atomic mass is 32.2. The van der Waals surface area contributed by atoms with Crippen molar-refractivity contribution in [1.82, 2.24) is 9.21 Å². The number of nitrogens with zero attached hydrogens (tertiary/aromatic N) is 2. The van der Waals surface area contributed by atoms with Gasteiger partial charge in [0.05, 0.1) is 21.6 Å². The molecular formula is C23H23N3O7S. The number of hydrogen-bond donors (Lipinski definition) is 1. The van der Waals surface area contributed by atoms with Crippen LogP contribution in [0.4, 0.5) is 5.69 Å². The van der Waals surface area contributed by atoms with Gasteiger partial charge in [-0.25, -0.2) is 17.5 Å². The summed E-state index contributed by atoms with van der Waals surface area (Å²) in [6.45, 7) is 4.55. The van der Waals surface area contributed by atoms with E-state index in [2.05, 4.69) is 11.9 Å². The van der Waals surface area contributed by atoms with Crippen molar-refractivity contribution in [1.29, 1.82) is 0 Å². The number of amides is 3. The Morgan fingerprint density at radius 2 is 1.76 bits per heavy atom. The molecule has 3 amide bonds. The summed E-state index contributed by atoms with van der Waals surface area (Å²) in [6.07, 6.45) is 1.42. The molecule has 0 atom stereocenters. The zero-order valence-electron chi connectivity index (χ0n) is 18.8. The molecule has 1 heterocycles. The number of sulfonamides is 1. The number of benzene rings is 2. The Morgan fingerprint density at radius 3 is 2.41 bits per heavy atom. The monoisotopic (exact) mass is 485 g/mol. The number of anilines is 1. The van der Waals surface area contributed by atoms with Gasteiger partial charge in [0, 0.05) is 26.3 Å². The summed E-state index contributed by atoms with van der Waals surface area (Å²) in [5, 5.41) is 2.49. The molecule has 0 spiro atoms. The van der Waals surface area contributed by atoms with E-state index in [1.807, 2.05) is 0 Å². The second-order valence-corrected chi connectivity index (χ2v) is 9.78. The third kappa shape index (κ3) is 4.75. The molecule has 178 valence electrons. The molecule has 2 aromatic rings. The number of carbonyl (C=O) groups excluding carboxylic acids is 4. The number of rotatable bonds is 8. The minimum absolute atomic E-state index is 0.00264. The first kappa shape index (κ1) is 24.8. The van der Waals surface area contributed by atoms with Gasteiger partial charge in [0.25, 0.3) is 17.7 Å². The van der Waals surface area contributed by atoms with E-state index in [0.717, 1.165) is 9.21 Å². The molecule has 0 aromatic heterocycles. The summed E-state index contributed by atoms with van der Waals surface area (Å²) in [4.78, 5) is 50.4. The summed E-state index contributed by atoms with van der Waals surface area (Å²) >= 11 is 0. The average Bonchev–Trinajstić information content (AvgIpc) is 3.03. The van der Waals surface area contributed by atoms with Gasteiger partial charge < -0.3 is 10.1 Å². The van der Waals surface area contributed by atoms with Crippen LogP contribution in [0.25, 0.3) is 0 Å². The molecule has 0 radical (unpaired) electrons. The van der Waals surface area contributed by atoms with Gasteiger partial charge in [0.1, 0.15) is 0 Å². The first-order valence-corrected chi connectivity index (χ1v) is 11.5. The van der Waals surface area contributed by atoms with Gasteiger partial charge in [0.2, 0.25) is 10.0 Å². The second-order valence-electron chi connectivity index (χ2n) is 7.66. The zero-order chi connectivity index (χ0) is 25.2. The fourth-order valence-corrected chi connectivity index (χ4v) is 4.42. The van der Waals surface area contributed by atoms with E-state index >= 15 is 0 Å². The van der Waals surface area contributed by atoms with Crippen LogP contribution >= 0.6 is 0 Å². The fraction of sp³-hybridized carbons (Fsp3) is 0.217. The molecule has 2 aromatic carbocycles. The van der Waals surface area contributed by atoms with Gasteiger partial charge in [0.15, 0.2) is 6.61 Å². The number of ether oxygens (including phenoxy) is 1. The maximum atomic E-state index is 12.4. The molecule has 0 saturated carbocycles. The second kappa shape index (κ2) is 9.57. The summed E-state index contributed by atoms with van der Waals surface area (Å²) in [5.74, 6) is -2.57. The minimum atomic E-state index is -3.71. The van der Waals surface area contributed by atoms with Crippen LogP contribution in [-0.4, -0.2) is 68.6 Å². The lowest BCUT2D eigenvalue weighted by molar-refractivity contribution is -0.119. The number of aryl methyl sites for hydroxylation is 1. The van der Waals surface area contributed by atoms with Crippen molar-refractivity contribution in [3.63, 3.8) is 0 Å². The Bertz CT molecular complexity index is 1320. The SMILES string of the molecule is C=CCN1C(=O)c2ccc(C(=O)OCC(=O)Nc3ccc(C)c(S(=O)(=O)N(C)C)c3)cc2C1=O. The van der Waals surface area contributed by atoms with Crippen LogP contribution in [-0.2, 0) is 19.6 Å². The maximum Gasteiger partial charge on any atom is 0.338 e. The minimum Gasteiger partial charge on any atom is -0.452 e. The van der Waals surface area contributed by atoms with E-state index in [4.69, 9.17) is 4.74 Å². The average molecular weight is 486 g/mol. The molecule has 0 bridgehead atoms. The van der Waals surface area contributed by atoms with Gasteiger partial charge in [-0.3, -0.25) is 19.3 Å². The Morgan fingerprint density at radius 1 is 1.09 bits per heavy atom. The smallest absolute Gasteiger partial charge is 0.338 e. The molecule has 0 aliphatic carbocycles. The van der Waals surface area contributed by atoms with Crippen LogP contribution in [0.5, 0.6) is 0 Å². The highest BCUT2D eigenvalue weighted by molar-refractivity contribution is 7.89. The van der Waals surface area contributed by atoms with Crippen molar-refractivity contribution in [2.75, 3.05) is 32.6 Å². The van der Waals surface area contributed by atoms with Crippen LogP contribution in [0, 0.1) is 6.92 Å². The molecule has 1 aliphatic heterocycles. The van der Waals surface area contributed by atoms with Crippen molar-refractivity contribution < 1.29 is 32.3 Å². The molecule has 10 nitrogen and oxygen atoms in total. The molecule has 1 N–H and O–H groups in total. The highest BCUT2D eigenvalue weighted by Gasteiger charge is 2.35. The summed E-state index contributed by atoms with van der Waals surface area (Å²) < 4.78 is 30.9. The molecular weight excluding hydrogens is 462 g/mol. The van der Waals surface area contributed by atoms with E-state index in [1.165, 1.54) is 50.5 Å². The molecule has 0 saturated heterocycles. The van der Waals surface area contributed by atoms with E-state index < -0.39 is 40.3 Å². The Kier molecular flexibility index (Phi) is 6.99. The predicted octanol–water partition coefficient (Wildman–Crippen LogP) is 1.82. The topological polar surface area (TPSA) is 130 Å². The van der Waals surface area contributed by atoms with Crippen LogP contribution in [0.1, 0.15) is 36.6 Å². The summed E-state index contributed by atoms with van der Waals surface area (Å²) in [5.41, 5.74) is 0.970. The van der Waals surface area contributed by atoms with Crippen molar-refractivity contribution in [2.24, 2.45) is 0 Å². The first-order valence-electron chi connectivity index (χ1n) is 10.1. The van der Waals surface area contributed by atoms with E-state index in [9.17, 15) is 27.6 Å². The standard InChI is InChI=1S/C23H23N3O7S/c1-5-10-26-21(28)17-9-7-15(11-18(17)22(26)29)23(30)33-13-20(27)24-16-8-6-14(2)19(12-16)34(31,32)25(3)4/h5-9,11-12H,1,10,13H2,2-4H3,(H,24,27). The van der Waals surface area contributed by atoms with Gasteiger partial charge >= 0.3 is 5.97 Å². The van der Waals surface area contributed by atoms with Crippen LogP contribution in [0.2, 0.25) is 0 Å². The van der Waals surface area contributed by atoms with Crippen molar-refractivity contribution in [3.8, 4) is 0 Å². The number of imide groups is 1. The third-order valence-corrected chi connectivity index (χ3v) is 7.04. The Balaban J connectivity index is 1.67.